The largest absolute Gasteiger partial charge is 0.480 e. The zero-order valence-corrected chi connectivity index (χ0v) is 11.6. The molecular formula is C13H24N2O4. The predicted octanol–water partition coefficient (Wildman–Crippen LogP) is 1.18. The Morgan fingerprint density at radius 2 is 2.11 bits per heavy atom. The summed E-state index contributed by atoms with van der Waals surface area (Å²) in [6.07, 6.45) is 3.82. The number of urea groups is 1. The lowest BCUT2D eigenvalue weighted by atomic mass is 9.98. The van der Waals surface area contributed by atoms with E-state index >= 15 is 0 Å². The number of hydrogen-bond acceptors (Lipinski definition) is 3. The summed E-state index contributed by atoms with van der Waals surface area (Å²) in [6, 6.07) is -1.45. The second kappa shape index (κ2) is 7.33. The van der Waals surface area contributed by atoms with Crippen molar-refractivity contribution >= 4 is 12.0 Å². The van der Waals surface area contributed by atoms with Gasteiger partial charge in [0, 0.05) is 12.6 Å². The Labute approximate surface area is 113 Å². The molecule has 1 heterocycles. The van der Waals surface area contributed by atoms with Crippen molar-refractivity contribution in [3.8, 4) is 0 Å². The number of nitrogens with zero attached hydrogens (tertiary/aromatic N) is 1. The van der Waals surface area contributed by atoms with Gasteiger partial charge < -0.3 is 20.4 Å². The lowest BCUT2D eigenvalue weighted by molar-refractivity contribution is -0.141. The fourth-order valence-electron chi connectivity index (χ4n) is 2.51. The van der Waals surface area contributed by atoms with Crippen LogP contribution < -0.4 is 5.32 Å². The number of carbonyl (C=O) groups is 2. The standard InChI is InChI=1S/C13H24N2O4/c1-3-6-10-7-4-5-8-15(10)13(19)14-11(9(2)16)12(17)18/h9-11,16H,3-8H2,1-2H3,(H,14,19)(H,17,18)/t9-,10?,11+/m1/s1. The number of carboxylic acid groups (broad SMARTS) is 1. The van der Waals surface area contributed by atoms with E-state index in [-0.39, 0.29) is 12.1 Å². The highest BCUT2D eigenvalue weighted by atomic mass is 16.4. The van der Waals surface area contributed by atoms with E-state index in [1.807, 2.05) is 0 Å². The number of carbonyl (C=O) groups excluding carboxylic acids is 1. The van der Waals surface area contributed by atoms with Crippen LogP contribution >= 0.6 is 0 Å². The number of carboxylic acids is 1. The van der Waals surface area contributed by atoms with E-state index in [0.717, 1.165) is 32.1 Å². The van der Waals surface area contributed by atoms with E-state index in [0.29, 0.717) is 6.54 Å². The molecule has 1 unspecified atom stereocenters. The minimum Gasteiger partial charge on any atom is -0.480 e. The second-order valence-corrected chi connectivity index (χ2v) is 5.14. The molecule has 0 aliphatic carbocycles. The summed E-state index contributed by atoms with van der Waals surface area (Å²) in [4.78, 5) is 24.8. The molecule has 6 heteroatoms. The van der Waals surface area contributed by atoms with Crippen LogP contribution in [0.1, 0.15) is 46.0 Å². The molecule has 3 atom stereocenters. The lowest BCUT2D eigenvalue weighted by Crippen LogP contribution is -2.55. The van der Waals surface area contributed by atoms with Gasteiger partial charge in [-0.1, -0.05) is 13.3 Å². The predicted molar refractivity (Wildman–Crippen MR) is 70.9 cm³/mol. The van der Waals surface area contributed by atoms with E-state index < -0.39 is 18.1 Å². The van der Waals surface area contributed by atoms with Crippen LogP contribution in [0.3, 0.4) is 0 Å². The molecule has 1 rings (SSSR count). The molecule has 0 radical (unpaired) electrons. The van der Waals surface area contributed by atoms with Gasteiger partial charge in [-0.25, -0.2) is 9.59 Å². The van der Waals surface area contributed by atoms with E-state index in [1.54, 1.807) is 4.90 Å². The molecule has 110 valence electrons. The zero-order valence-electron chi connectivity index (χ0n) is 11.6. The summed E-state index contributed by atoms with van der Waals surface area (Å²) in [6.45, 7) is 4.09. The third-order valence-electron chi connectivity index (χ3n) is 3.54. The van der Waals surface area contributed by atoms with Crippen molar-refractivity contribution in [1.82, 2.24) is 10.2 Å². The molecule has 1 fully saturated rings. The number of piperidine rings is 1. The van der Waals surface area contributed by atoms with Gasteiger partial charge in [0.05, 0.1) is 6.10 Å². The average molecular weight is 272 g/mol. The number of likely N-dealkylation sites (tertiary alicyclic amines) is 1. The maximum absolute atomic E-state index is 12.1. The first-order valence-corrected chi connectivity index (χ1v) is 6.95. The van der Waals surface area contributed by atoms with Crippen molar-refractivity contribution in [3.05, 3.63) is 0 Å². The highest BCUT2D eigenvalue weighted by molar-refractivity contribution is 5.83. The van der Waals surface area contributed by atoms with Crippen molar-refractivity contribution in [1.29, 1.82) is 0 Å². The van der Waals surface area contributed by atoms with Crippen LogP contribution in [-0.2, 0) is 4.79 Å². The summed E-state index contributed by atoms with van der Waals surface area (Å²) >= 11 is 0. The highest BCUT2D eigenvalue weighted by Gasteiger charge is 2.31. The molecule has 1 aliphatic heterocycles. The molecule has 2 amide bonds. The minimum absolute atomic E-state index is 0.183. The quantitative estimate of drug-likeness (QED) is 0.701. The number of aliphatic hydroxyl groups is 1. The molecule has 0 aromatic carbocycles. The smallest absolute Gasteiger partial charge is 0.328 e. The SMILES string of the molecule is CCCC1CCCCN1C(=O)N[C@H](C(=O)O)[C@@H](C)O. The number of amides is 2. The van der Waals surface area contributed by atoms with E-state index in [4.69, 9.17) is 5.11 Å². The van der Waals surface area contributed by atoms with Crippen LogP contribution in [0.4, 0.5) is 4.79 Å². The number of aliphatic hydroxyl groups excluding tert-OH is 1. The van der Waals surface area contributed by atoms with E-state index in [2.05, 4.69) is 12.2 Å². The summed E-state index contributed by atoms with van der Waals surface area (Å²) in [5, 5.41) is 20.8. The van der Waals surface area contributed by atoms with Crippen molar-refractivity contribution in [2.45, 2.75) is 64.1 Å². The van der Waals surface area contributed by atoms with Crippen LogP contribution in [-0.4, -0.2) is 51.8 Å². The third kappa shape index (κ3) is 4.38. The molecule has 0 saturated carbocycles. The second-order valence-electron chi connectivity index (χ2n) is 5.14. The van der Waals surface area contributed by atoms with Gasteiger partial charge in [0.1, 0.15) is 0 Å². The number of hydrogen-bond donors (Lipinski definition) is 3. The Morgan fingerprint density at radius 3 is 2.63 bits per heavy atom. The van der Waals surface area contributed by atoms with Gasteiger partial charge in [-0.05, 0) is 32.6 Å². The molecule has 1 saturated heterocycles. The Balaban J connectivity index is 2.66. The molecular weight excluding hydrogens is 248 g/mol. The van der Waals surface area contributed by atoms with Crippen LogP contribution in [0.25, 0.3) is 0 Å². The zero-order chi connectivity index (χ0) is 14.4. The van der Waals surface area contributed by atoms with Gasteiger partial charge in [0.25, 0.3) is 0 Å². The monoisotopic (exact) mass is 272 g/mol. The first-order chi connectivity index (χ1) is 8.97. The Hall–Kier alpha value is -1.30. The average Bonchev–Trinajstić information content (AvgIpc) is 2.36. The van der Waals surface area contributed by atoms with Crippen molar-refractivity contribution in [2.75, 3.05) is 6.54 Å². The number of rotatable bonds is 5. The van der Waals surface area contributed by atoms with Gasteiger partial charge >= 0.3 is 12.0 Å². The molecule has 0 aromatic rings. The highest BCUT2D eigenvalue weighted by Crippen LogP contribution is 2.20. The van der Waals surface area contributed by atoms with Crippen molar-refractivity contribution in [2.24, 2.45) is 0 Å². The van der Waals surface area contributed by atoms with Crippen LogP contribution in [0.5, 0.6) is 0 Å². The molecule has 1 aliphatic rings. The fraction of sp³-hybridized carbons (Fsp3) is 0.846. The van der Waals surface area contributed by atoms with Crippen LogP contribution in [0, 0.1) is 0 Å². The summed E-state index contributed by atoms with van der Waals surface area (Å²) in [5.41, 5.74) is 0. The minimum atomic E-state index is -1.25. The van der Waals surface area contributed by atoms with Gasteiger partial charge in [0.15, 0.2) is 6.04 Å². The summed E-state index contributed by atoms with van der Waals surface area (Å²) in [5.74, 6) is -1.22. The molecule has 0 spiro atoms. The maximum Gasteiger partial charge on any atom is 0.328 e. The topological polar surface area (TPSA) is 89.9 Å². The third-order valence-corrected chi connectivity index (χ3v) is 3.54. The van der Waals surface area contributed by atoms with E-state index in [1.165, 1.54) is 6.92 Å². The van der Waals surface area contributed by atoms with Gasteiger partial charge in [-0.2, -0.15) is 0 Å². The summed E-state index contributed by atoms with van der Waals surface area (Å²) < 4.78 is 0. The van der Waals surface area contributed by atoms with Crippen molar-refractivity contribution < 1.29 is 19.8 Å². The normalized spacial score (nSPS) is 22.7. The molecule has 6 nitrogen and oxygen atoms in total. The van der Waals surface area contributed by atoms with Gasteiger partial charge in [-0.3, -0.25) is 0 Å². The fourth-order valence-corrected chi connectivity index (χ4v) is 2.51. The van der Waals surface area contributed by atoms with Gasteiger partial charge in [0.2, 0.25) is 0 Å². The van der Waals surface area contributed by atoms with Crippen LogP contribution in [0.2, 0.25) is 0 Å². The molecule has 0 bridgehead atoms. The summed E-state index contributed by atoms with van der Waals surface area (Å²) in [7, 11) is 0. The molecule has 3 N–H and O–H groups in total. The van der Waals surface area contributed by atoms with Crippen molar-refractivity contribution in [3.63, 3.8) is 0 Å². The molecule has 19 heavy (non-hydrogen) atoms. The Bertz CT molecular complexity index is 318. The number of nitrogens with one attached hydrogen (secondary N) is 1. The van der Waals surface area contributed by atoms with Gasteiger partial charge in [-0.15, -0.1) is 0 Å². The molecule has 0 aromatic heterocycles. The van der Waals surface area contributed by atoms with Crippen LogP contribution in [0.15, 0.2) is 0 Å². The Kier molecular flexibility index (Phi) is 6.08. The first kappa shape index (κ1) is 15.8. The maximum atomic E-state index is 12.1. The van der Waals surface area contributed by atoms with E-state index in [9.17, 15) is 14.7 Å². The first-order valence-electron chi connectivity index (χ1n) is 6.95. The lowest BCUT2D eigenvalue weighted by Gasteiger charge is -2.36. The Morgan fingerprint density at radius 1 is 1.42 bits per heavy atom. The number of aliphatic carboxylic acids is 1.